The molecule has 1 unspecified atom stereocenters. The zero-order valence-corrected chi connectivity index (χ0v) is 10.9. The molecule has 96 valence electrons. The minimum absolute atomic E-state index is 0.0236. The lowest BCUT2D eigenvalue weighted by Crippen LogP contribution is -2.29. The number of nitrogens with zero attached hydrogens (tertiary/aromatic N) is 2. The molecule has 5 nitrogen and oxygen atoms in total. The third-order valence-corrected chi connectivity index (χ3v) is 5.15. The fourth-order valence-corrected chi connectivity index (χ4v) is 3.86. The summed E-state index contributed by atoms with van der Waals surface area (Å²) in [5.74, 6) is 0. The van der Waals surface area contributed by atoms with Gasteiger partial charge in [-0.1, -0.05) is 11.6 Å². The van der Waals surface area contributed by atoms with Gasteiger partial charge in [0.2, 0.25) is 10.0 Å². The molecule has 2 rings (SSSR count). The van der Waals surface area contributed by atoms with E-state index in [4.69, 9.17) is 16.9 Å². The first-order valence-corrected chi connectivity index (χ1v) is 7.15. The number of rotatable bonds is 2. The Labute approximate surface area is 110 Å². The molecule has 1 saturated heterocycles. The zero-order chi connectivity index (χ0) is 13.3. The van der Waals surface area contributed by atoms with Crippen molar-refractivity contribution < 1.29 is 13.5 Å². The van der Waals surface area contributed by atoms with Crippen molar-refractivity contribution in [2.24, 2.45) is 0 Å². The molecule has 0 bridgehead atoms. The maximum Gasteiger partial charge on any atom is 0.244 e. The molecular weight excluding hydrogens is 276 g/mol. The first-order chi connectivity index (χ1) is 8.45. The third kappa shape index (κ3) is 2.35. The highest BCUT2D eigenvalue weighted by Gasteiger charge is 2.32. The van der Waals surface area contributed by atoms with Crippen LogP contribution in [0.2, 0.25) is 5.02 Å². The van der Waals surface area contributed by atoms with Gasteiger partial charge in [0.05, 0.1) is 22.8 Å². The summed E-state index contributed by atoms with van der Waals surface area (Å²) in [6.45, 7) is 0.360. The van der Waals surface area contributed by atoms with Crippen LogP contribution in [0.4, 0.5) is 0 Å². The van der Waals surface area contributed by atoms with E-state index in [2.05, 4.69) is 0 Å². The van der Waals surface area contributed by atoms with Gasteiger partial charge >= 0.3 is 0 Å². The van der Waals surface area contributed by atoms with Crippen LogP contribution in [0.5, 0.6) is 0 Å². The van der Waals surface area contributed by atoms with E-state index in [1.54, 1.807) is 0 Å². The molecule has 0 amide bonds. The Morgan fingerprint density at radius 2 is 2.22 bits per heavy atom. The summed E-state index contributed by atoms with van der Waals surface area (Å²) in [6.07, 6.45) is -0.204. The lowest BCUT2D eigenvalue weighted by Gasteiger charge is -2.16. The minimum Gasteiger partial charge on any atom is -0.392 e. The Hall–Kier alpha value is -1.13. The van der Waals surface area contributed by atoms with Crippen molar-refractivity contribution in [1.29, 1.82) is 5.26 Å². The summed E-state index contributed by atoms with van der Waals surface area (Å²) in [6, 6.07) is 5.94. The molecular formula is C11H11ClN2O3S. The maximum atomic E-state index is 12.2. The predicted octanol–water partition coefficient (Wildman–Crippen LogP) is 0.967. The van der Waals surface area contributed by atoms with Gasteiger partial charge in [-0.25, -0.2) is 8.42 Å². The van der Waals surface area contributed by atoms with Crippen molar-refractivity contribution in [3.05, 3.63) is 28.8 Å². The van der Waals surface area contributed by atoms with Gasteiger partial charge in [-0.05, 0) is 24.6 Å². The van der Waals surface area contributed by atoms with Gasteiger partial charge in [-0.3, -0.25) is 0 Å². The molecule has 18 heavy (non-hydrogen) atoms. The molecule has 1 fully saturated rings. The largest absolute Gasteiger partial charge is 0.392 e. The summed E-state index contributed by atoms with van der Waals surface area (Å²) >= 11 is 5.89. The summed E-state index contributed by atoms with van der Waals surface area (Å²) < 4.78 is 25.7. The van der Waals surface area contributed by atoms with Gasteiger partial charge in [-0.15, -0.1) is 0 Å². The molecule has 1 aliphatic rings. The molecule has 0 aliphatic carbocycles. The highest BCUT2D eigenvalue weighted by Crippen LogP contribution is 2.27. The highest BCUT2D eigenvalue weighted by molar-refractivity contribution is 7.89. The van der Waals surface area contributed by atoms with Crippen LogP contribution in [0.15, 0.2) is 23.1 Å². The van der Waals surface area contributed by atoms with Crippen molar-refractivity contribution in [3.63, 3.8) is 0 Å². The summed E-state index contributed by atoms with van der Waals surface area (Å²) in [5.41, 5.74) is 0.306. The van der Waals surface area contributed by atoms with Gasteiger partial charge in [0.1, 0.15) is 4.90 Å². The number of aliphatic hydroxyl groups excluding tert-OH is 1. The molecule has 1 heterocycles. The number of aliphatic hydroxyl groups is 1. The Kier molecular flexibility index (Phi) is 3.59. The van der Waals surface area contributed by atoms with E-state index in [-0.39, 0.29) is 23.0 Å². The molecule has 1 aromatic rings. The molecule has 0 saturated carbocycles. The number of β-amino-alcohol motifs (C(OH)–C–C–N with tert-alkyl or cyclic N) is 1. The van der Waals surface area contributed by atoms with Crippen LogP contribution in [0, 0.1) is 11.3 Å². The number of nitriles is 1. The van der Waals surface area contributed by atoms with Crippen molar-refractivity contribution >= 4 is 21.6 Å². The van der Waals surface area contributed by atoms with Crippen molar-refractivity contribution in [3.8, 4) is 6.07 Å². The Bertz CT molecular complexity index is 609. The molecule has 7 heteroatoms. The average molecular weight is 287 g/mol. The fraction of sp³-hybridized carbons (Fsp3) is 0.364. The average Bonchev–Trinajstić information content (AvgIpc) is 2.76. The second-order valence-corrected chi connectivity index (χ2v) is 6.38. The summed E-state index contributed by atoms with van der Waals surface area (Å²) in [5, 5.41) is 18.1. The normalized spacial score (nSPS) is 20.8. The highest BCUT2D eigenvalue weighted by atomic mass is 35.5. The number of halogens is 1. The van der Waals surface area contributed by atoms with Gasteiger partial charge < -0.3 is 5.11 Å². The molecule has 0 aromatic heterocycles. The molecule has 0 spiro atoms. The van der Waals surface area contributed by atoms with Crippen LogP contribution >= 0.6 is 11.6 Å². The standard InChI is InChI=1S/C11H11ClN2O3S/c12-10-5-8(6-13)1-2-11(10)18(16,17)14-4-3-9(15)7-14/h1-2,5,9,15H,3-4,7H2. The van der Waals surface area contributed by atoms with Crippen molar-refractivity contribution in [2.45, 2.75) is 17.4 Å². The van der Waals surface area contributed by atoms with E-state index >= 15 is 0 Å². The maximum absolute atomic E-state index is 12.2. The van der Waals surface area contributed by atoms with Crippen LogP contribution < -0.4 is 0 Å². The zero-order valence-electron chi connectivity index (χ0n) is 9.38. The summed E-state index contributed by atoms with van der Waals surface area (Å²) in [4.78, 5) is -0.0303. The molecule has 1 aliphatic heterocycles. The number of benzene rings is 1. The third-order valence-electron chi connectivity index (χ3n) is 2.80. The lowest BCUT2D eigenvalue weighted by atomic mass is 10.2. The monoisotopic (exact) mass is 286 g/mol. The number of hydrogen-bond acceptors (Lipinski definition) is 4. The van der Waals surface area contributed by atoms with Crippen molar-refractivity contribution in [2.75, 3.05) is 13.1 Å². The summed E-state index contributed by atoms with van der Waals surface area (Å²) in [7, 11) is -3.70. The van der Waals surface area contributed by atoms with E-state index < -0.39 is 16.1 Å². The van der Waals surface area contributed by atoms with Gasteiger partial charge in [0.15, 0.2) is 0 Å². The van der Waals surface area contributed by atoms with Crippen LogP contribution in [0.1, 0.15) is 12.0 Å². The Morgan fingerprint density at radius 1 is 1.50 bits per heavy atom. The van der Waals surface area contributed by atoms with E-state index in [9.17, 15) is 13.5 Å². The van der Waals surface area contributed by atoms with Crippen LogP contribution in [0.3, 0.4) is 0 Å². The van der Waals surface area contributed by atoms with Gasteiger partial charge in [0, 0.05) is 13.1 Å². The fourth-order valence-electron chi connectivity index (χ4n) is 1.85. The minimum atomic E-state index is -3.70. The van der Waals surface area contributed by atoms with Crippen LogP contribution in [-0.4, -0.2) is 37.0 Å². The van der Waals surface area contributed by atoms with E-state index in [0.717, 1.165) is 0 Å². The number of hydrogen-bond donors (Lipinski definition) is 1. The topological polar surface area (TPSA) is 81.4 Å². The smallest absolute Gasteiger partial charge is 0.244 e. The van der Waals surface area contributed by atoms with Crippen molar-refractivity contribution in [1.82, 2.24) is 4.31 Å². The Morgan fingerprint density at radius 3 is 2.72 bits per heavy atom. The second kappa shape index (κ2) is 4.86. The Balaban J connectivity index is 2.39. The lowest BCUT2D eigenvalue weighted by molar-refractivity contribution is 0.189. The molecule has 1 N–H and O–H groups in total. The molecule has 1 atom stereocenters. The van der Waals surface area contributed by atoms with Crippen LogP contribution in [-0.2, 0) is 10.0 Å². The van der Waals surface area contributed by atoms with E-state index in [0.29, 0.717) is 12.0 Å². The first kappa shape index (κ1) is 13.3. The van der Waals surface area contributed by atoms with Gasteiger partial charge in [0.25, 0.3) is 0 Å². The number of sulfonamides is 1. The van der Waals surface area contributed by atoms with E-state index in [1.807, 2.05) is 6.07 Å². The molecule has 0 radical (unpaired) electrons. The predicted molar refractivity (Wildman–Crippen MR) is 65.5 cm³/mol. The second-order valence-electron chi connectivity index (χ2n) is 4.06. The SMILES string of the molecule is N#Cc1ccc(S(=O)(=O)N2CCC(O)C2)c(Cl)c1. The first-order valence-electron chi connectivity index (χ1n) is 5.33. The quantitative estimate of drug-likeness (QED) is 0.878. The molecule has 1 aromatic carbocycles. The van der Waals surface area contributed by atoms with Gasteiger partial charge in [-0.2, -0.15) is 9.57 Å². The van der Waals surface area contributed by atoms with Crippen LogP contribution in [0.25, 0.3) is 0 Å². The van der Waals surface area contributed by atoms with E-state index in [1.165, 1.54) is 22.5 Å².